The number of aliphatic hydroxyl groups excluding tert-OH is 1. The van der Waals surface area contributed by atoms with Gasteiger partial charge in [0.1, 0.15) is 24.3 Å². The monoisotopic (exact) mass is 488 g/mol. The first-order valence-corrected chi connectivity index (χ1v) is 12.2. The molecule has 0 aliphatic carbocycles. The number of benzene rings is 1. The van der Waals surface area contributed by atoms with Gasteiger partial charge in [-0.25, -0.2) is 0 Å². The zero-order chi connectivity index (χ0) is 24.8. The summed E-state index contributed by atoms with van der Waals surface area (Å²) in [5.74, 6) is -1.98. The first kappa shape index (κ1) is 26.8. The Morgan fingerprint density at radius 1 is 1.21 bits per heavy atom. The molecule has 0 saturated carbocycles. The summed E-state index contributed by atoms with van der Waals surface area (Å²) in [5.41, 5.74) is 1.31. The van der Waals surface area contributed by atoms with E-state index in [4.69, 9.17) is 18.8 Å². The zero-order valence-corrected chi connectivity index (χ0v) is 19.9. The maximum Gasteiger partial charge on any atom is 0.308 e. The van der Waals surface area contributed by atoms with Gasteiger partial charge in [-0.15, -0.1) is 0 Å². The highest BCUT2D eigenvalue weighted by molar-refractivity contribution is 7.85. The number of nitrogens with one attached hydrogen (secondary N) is 2. The average molecular weight is 489 g/mol. The third-order valence-corrected chi connectivity index (χ3v) is 5.10. The molecular formula is C21H32N2O9S. The standard InChI is InChI=1S/C21H32N2O9S/c1-12(2)21(26)30-10-14-5-6-16(23-13(3)4)17(7-14)31-19-9-15(24)8-18(32-19)20(25)22-11-33(27,28)29/h5-7,12-13,15,18-19,23-24H,8-11H2,1-4H3,(H,22,25)(H,27,28,29). The fraction of sp³-hybridized carbons (Fsp3) is 0.619. The molecule has 1 heterocycles. The predicted octanol–water partition coefficient (Wildman–Crippen LogP) is 1.41. The van der Waals surface area contributed by atoms with Gasteiger partial charge in [0.15, 0.2) is 0 Å². The topological polar surface area (TPSA) is 160 Å². The summed E-state index contributed by atoms with van der Waals surface area (Å²) in [6.07, 6.45) is -3.08. The zero-order valence-electron chi connectivity index (χ0n) is 19.1. The molecule has 186 valence electrons. The SMILES string of the molecule is CC(C)Nc1ccc(COC(=O)C(C)C)cc1OC1CC(O)CC(C(=O)NCS(=O)(=O)O)O1. The Balaban J connectivity index is 2.15. The number of hydrogen-bond donors (Lipinski definition) is 4. The maximum absolute atomic E-state index is 12.2. The molecular weight excluding hydrogens is 456 g/mol. The number of ether oxygens (including phenoxy) is 3. The summed E-state index contributed by atoms with van der Waals surface area (Å²) in [7, 11) is -4.40. The lowest BCUT2D eigenvalue weighted by Crippen LogP contribution is -2.47. The lowest BCUT2D eigenvalue weighted by atomic mass is 10.0. The van der Waals surface area contributed by atoms with Gasteiger partial charge in [-0.05, 0) is 31.5 Å². The van der Waals surface area contributed by atoms with E-state index in [-0.39, 0.29) is 37.4 Å². The molecule has 2 rings (SSSR count). The Labute approximate surface area is 193 Å². The molecule has 1 aromatic carbocycles. The number of aliphatic hydroxyl groups is 1. The summed E-state index contributed by atoms with van der Waals surface area (Å²) in [6.45, 7) is 7.41. The lowest BCUT2D eigenvalue weighted by Gasteiger charge is -2.33. The van der Waals surface area contributed by atoms with E-state index in [1.54, 1.807) is 32.0 Å². The quantitative estimate of drug-likeness (QED) is 0.280. The third-order valence-electron chi connectivity index (χ3n) is 4.59. The van der Waals surface area contributed by atoms with Gasteiger partial charge in [0.25, 0.3) is 10.1 Å². The molecule has 33 heavy (non-hydrogen) atoms. The van der Waals surface area contributed by atoms with Crippen molar-refractivity contribution in [1.82, 2.24) is 5.32 Å². The Bertz CT molecular complexity index is 934. The van der Waals surface area contributed by atoms with Crippen LogP contribution in [0.1, 0.15) is 46.1 Å². The largest absolute Gasteiger partial charge is 0.463 e. The van der Waals surface area contributed by atoms with Crippen molar-refractivity contribution in [2.45, 2.75) is 71.7 Å². The molecule has 12 heteroatoms. The molecule has 3 atom stereocenters. The first-order valence-electron chi connectivity index (χ1n) is 10.6. The van der Waals surface area contributed by atoms with Gasteiger partial charge in [0, 0.05) is 18.9 Å². The van der Waals surface area contributed by atoms with E-state index in [0.717, 1.165) is 0 Å². The third kappa shape index (κ3) is 9.16. The van der Waals surface area contributed by atoms with Crippen LogP contribution >= 0.6 is 0 Å². The Kier molecular flexibility index (Phi) is 9.46. The van der Waals surface area contributed by atoms with E-state index in [1.807, 2.05) is 13.8 Å². The fourth-order valence-corrected chi connectivity index (χ4v) is 3.35. The Morgan fingerprint density at radius 2 is 1.91 bits per heavy atom. The van der Waals surface area contributed by atoms with Crippen LogP contribution in [0.5, 0.6) is 5.75 Å². The summed E-state index contributed by atoms with van der Waals surface area (Å²) in [6, 6.07) is 5.31. The first-order chi connectivity index (χ1) is 15.3. The van der Waals surface area contributed by atoms with Crippen molar-refractivity contribution in [3.05, 3.63) is 23.8 Å². The number of amides is 1. The van der Waals surface area contributed by atoms with Crippen LogP contribution in [0, 0.1) is 5.92 Å². The molecule has 0 radical (unpaired) electrons. The number of anilines is 1. The molecule has 1 aliphatic heterocycles. The number of hydrogen-bond acceptors (Lipinski definition) is 9. The minimum atomic E-state index is -4.40. The second-order valence-corrected chi connectivity index (χ2v) is 9.91. The molecule has 1 fully saturated rings. The molecule has 1 aromatic rings. The van der Waals surface area contributed by atoms with Gasteiger partial charge in [-0.3, -0.25) is 14.1 Å². The molecule has 1 amide bonds. The van der Waals surface area contributed by atoms with Crippen LogP contribution in [0.3, 0.4) is 0 Å². The maximum atomic E-state index is 12.2. The van der Waals surface area contributed by atoms with Gasteiger partial charge in [0.05, 0.1) is 17.7 Å². The highest BCUT2D eigenvalue weighted by atomic mass is 32.2. The summed E-state index contributed by atoms with van der Waals surface area (Å²) in [5, 5.41) is 15.5. The number of esters is 1. The van der Waals surface area contributed by atoms with Crippen LogP contribution < -0.4 is 15.4 Å². The van der Waals surface area contributed by atoms with Crippen molar-refractivity contribution in [1.29, 1.82) is 0 Å². The molecule has 11 nitrogen and oxygen atoms in total. The predicted molar refractivity (Wildman–Crippen MR) is 119 cm³/mol. The van der Waals surface area contributed by atoms with Crippen molar-refractivity contribution in [2.24, 2.45) is 5.92 Å². The highest BCUT2D eigenvalue weighted by Gasteiger charge is 2.34. The Morgan fingerprint density at radius 3 is 2.52 bits per heavy atom. The molecule has 0 aromatic heterocycles. The number of carbonyl (C=O) groups is 2. The van der Waals surface area contributed by atoms with Crippen molar-refractivity contribution < 1.29 is 41.9 Å². The fourth-order valence-electron chi connectivity index (χ4n) is 3.03. The summed E-state index contributed by atoms with van der Waals surface area (Å²) >= 11 is 0. The lowest BCUT2D eigenvalue weighted by molar-refractivity contribution is -0.184. The minimum absolute atomic E-state index is 0.0458. The highest BCUT2D eigenvalue weighted by Crippen LogP contribution is 2.31. The van der Waals surface area contributed by atoms with Gasteiger partial charge in [-0.1, -0.05) is 19.9 Å². The smallest absolute Gasteiger partial charge is 0.308 e. The van der Waals surface area contributed by atoms with Crippen LogP contribution in [0.4, 0.5) is 5.69 Å². The molecule has 0 spiro atoms. The average Bonchev–Trinajstić information content (AvgIpc) is 2.70. The van der Waals surface area contributed by atoms with Gasteiger partial charge in [0.2, 0.25) is 12.2 Å². The van der Waals surface area contributed by atoms with Crippen molar-refractivity contribution in [2.75, 3.05) is 11.2 Å². The van der Waals surface area contributed by atoms with Gasteiger partial charge >= 0.3 is 5.97 Å². The molecule has 4 N–H and O–H groups in total. The van der Waals surface area contributed by atoms with Crippen LogP contribution in [-0.2, 0) is 35.8 Å². The molecule has 1 aliphatic rings. The van der Waals surface area contributed by atoms with Crippen molar-refractivity contribution >= 4 is 27.7 Å². The molecule has 0 bridgehead atoms. The van der Waals surface area contributed by atoms with Gasteiger partial charge in [-0.2, -0.15) is 8.42 Å². The minimum Gasteiger partial charge on any atom is -0.463 e. The summed E-state index contributed by atoms with van der Waals surface area (Å²) in [4.78, 5) is 24.0. The normalized spacial score (nSPS) is 21.0. The van der Waals surface area contributed by atoms with E-state index in [2.05, 4.69) is 10.6 Å². The molecule has 1 saturated heterocycles. The second kappa shape index (κ2) is 11.6. The van der Waals surface area contributed by atoms with Crippen LogP contribution in [0.25, 0.3) is 0 Å². The van der Waals surface area contributed by atoms with Crippen LogP contribution in [0.15, 0.2) is 18.2 Å². The summed E-state index contributed by atoms with van der Waals surface area (Å²) < 4.78 is 47.4. The Hall–Kier alpha value is -2.41. The van der Waals surface area contributed by atoms with E-state index >= 15 is 0 Å². The van der Waals surface area contributed by atoms with E-state index < -0.39 is 40.4 Å². The van der Waals surface area contributed by atoms with Gasteiger partial charge < -0.3 is 30.0 Å². The molecule has 3 unspecified atom stereocenters. The van der Waals surface area contributed by atoms with Crippen molar-refractivity contribution in [3.8, 4) is 5.75 Å². The van der Waals surface area contributed by atoms with Crippen molar-refractivity contribution in [3.63, 3.8) is 0 Å². The second-order valence-electron chi connectivity index (χ2n) is 8.46. The number of rotatable bonds is 10. The number of carbonyl (C=O) groups excluding carboxylic acids is 2. The van der Waals surface area contributed by atoms with E-state index in [1.165, 1.54) is 0 Å². The van der Waals surface area contributed by atoms with E-state index in [0.29, 0.717) is 17.0 Å². The van der Waals surface area contributed by atoms with E-state index in [9.17, 15) is 23.1 Å². The van der Waals surface area contributed by atoms with Crippen LogP contribution in [0.2, 0.25) is 0 Å². The van der Waals surface area contributed by atoms with Crippen LogP contribution in [-0.4, -0.2) is 60.4 Å².